The minimum absolute atomic E-state index is 0.0942. The first-order valence-corrected chi connectivity index (χ1v) is 6.32. The number of aryl methyl sites for hydroxylation is 1. The molecule has 0 saturated heterocycles. The molecule has 0 spiro atoms. The minimum Gasteiger partial charge on any atom is -0.360 e. The molecule has 0 bridgehead atoms. The number of hydrogen-bond donors (Lipinski definition) is 2. The van der Waals surface area contributed by atoms with Crippen LogP contribution < -0.4 is 5.73 Å². The van der Waals surface area contributed by atoms with Gasteiger partial charge in [0.25, 0.3) is 0 Å². The van der Waals surface area contributed by atoms with Crippen molar-refractivity contribution in [3.05, 3.63) is 48.0 Å². The van der Waals surface area contributed by atoms with E-state index in [1.807, 2.05) is 32.2 Å². The number of hydrogen-bond acceptors (Lipinski definition) is 3. The number of aromatic amines is 1. The second-order valence-electron chi connectivity index (χ2n) is 4.77. The third kappa shape index (κ3) is 2.00. The van der Waals surface area contributed by atoms with Gasteiger partial charge in [-0.25, -0.2) is 0 Å². The van der Waals surface area contributed by atoms with E-state index in [1.54, 1.807) is 6.20 Å². The summed E-state index contributed by atoms with van der Waals surface area (Å²) in [5.41, 5.74) is 10.6. The molecule has 0 saturated carbocycles. The predicted octanol–water partition coefficient (Wildman–Crippen LogP) is 2.95. The number of aromatic nitrogens is 3. The molecule has 2 heterocycles. The average molecular weight is 252 g/mol. The first kappa shape index (κ1) is 11.9. The molecule has 0 aliphatic rings. The molecule has 19 heavy (non-hydrogen) atoms. The number of H-pyrrole nitrogens is 1. The number of fused-ring (bicyclic) bond motifs is 1. The van der Waals surface area contributed by atoms with Crippen molar-refractivity contribution in [3.8, 4) is 11.3 Å². The standard InChI is InChI=1S/C15H16N4/c1-9(16)14-8-18-15(10(2)19-14)12-7-17-13-6-4-3-5-11(12)13/h3-9,17H,16H2,1-2H3/t9-/m0/s1. The Hall–Kier alpha value is -2.20. The summed E-state index contributed by atoms with van der Waals surface area (Å²) in [4.78, 5) is 12.3. The number of nitrogens with one attached hydrogen (secondary N) is 1. The van der Waals surface area contributed by atoms with Crippen LogP contribution in [0.5, 0.6) is 0 Å². The van der Waals surface area contributed by atoms with Crippen molar-refractivity contribution in [2.75, 3.05) is 0 Å². The largest absolute Gasteiger partial charge is 0.360 e. The number of benzene rings is 1. The van der Waals surface area contributed by atoms with Crippen molar-refractivity contribution < 1.29 is 0 Å². The lowest BCUT2D eigenvalue weighted by Crippen LogP contribution is -2.09. The monoisotopic (exact) mass is 252 g/mol. The Bertz CT molecular complexity index is 728. The van der Waals surface area contributed by atoms with Crippen LogP contribution in [0.2, 0.25) is 0 Å². The zero-order valence-corrected chi connectivity index (χ0v) is 11.0. The van der Waals surface area contributed by atoms with Gasteiger partial charge < -0.3 is 10.7 Å². The molecule has 96 valence electrons. The van der Waals surface area contributed by atoms with E-state index in [4.69, 9.17) is 5.73 Å². The van der Waals surface area contributed by atoms with E-state index in [2.05, 4.69) is 27.1 Å². The third-order valence-corrected chi connectivity index (χ3v) is 3.28. The molecular weight excluding hydrogens is 236 g/mol. The number of para-hydroxylation sites is 1. The number of nitrogens with two attached hydrogens (primary N) is 1. The molecule has 4 heteroatoms. The van der Waals surface area contributed by atoms with Gasteiger partial charge in [0, 0.05) is 28.7 Å². The van der Waals surface area contributed by atoms with Gasteiger partial charge in [0.15, 0.2) is 0 Å². The van der Waals surface area contributed by atoms with Gasteiger partial charge in [0.2, 0.25) is 0 Å². The van der Waals surface area contributed by atoms with Crippen molar-refractivity contribution in [2.24, 2.45) is 5.73 Å². The highest BCUT2D eigenvalue weighted by atomic mass is 14.9. The molecule has 3 rings (SSSR count). The fraction of sp³-hybridized carbons (Fsp3) is 0.200. The average Bonchev–Trinajstić information content (AvgIpc) is 2.82. The molecule has 0 aliphatic heterocycles. The molecule has 2 aromatic heterocycles. The second kappa shape index (κ2) is 4.48. The van der Waals surface area contributed by atoms with E-state index in [9.17, 15) is 0 Å². The normalized spacial score (nSPS) is 12.8. The third-order valence-electron chi connectivity index (χ3n) is 3.28. The van der Waals surface area contributed by atoms with Gasteiger partial charge in [-0.2, -0.15) is 0 Å². The van der Waals surface area contributed by atoms with E-state index >= 15 is 0 Å². The van der Waals surface area contributed by atoms with Gasteiger partial charge in [0.05, 0.1) is 23.3 Å². The quantitative estimate of drug-likeness (QED) is 0.736. The van der Waals surface area contributed by atoms with Gasteiger partial charge >= 0.3 is 0 Å². The van der Waals surface area contributed by atoms with Crippen LogP contribution in [0.25, 0.3) is 22.2 Å². The lowest BCUT2D eigenvalue weighted by atomic mass is 10.1. The van der Waals surface area contributed by atoms with Gasteiger partial charge in [-0.15, -0.1) is 0 Å². The minimum atomic E-state index is -0.0942. The van der Waals surface area contributed by atoms with E-state index < -0.39 is 0 Å². The van der Waals surface area contributed by atoms with Crippen LogP contribution in [0.15, 0.2) is 36.7 Å². The fourth-order valence-electron chi connectivity index (χ4n) is 2.25. The number of rotatable bonds is 2. The molecule has 0 fully saturated rings. The Kier molecular flexibility index (Phi) is 2.80. The lowest BCUT2D eigenvalue weighted by molar-refractivity contribution is 0.767. The van der Waals surface area contributed by atoms with Crippen molar-refractivity contribution in [1.82, 2.24) is 15.0 Å². The summed E-state index contributed by atoms with van der Waals surface area (Å²) in [6.07, 6.45) is 3.74. The maximum atomic E-state index is 5.83. The highest BCUT2D eigenvalue weighted by Crippen LogP contribution is 2.28. The van der Waals surface area contributed by atoms with Crippen LogP contribution in [0.4, 0.5) is 0 Å². The summed E-state index contributed by atoms with van der Waals surface area (Å²) in [6.45, 7) is 3.88. The fourth-order valence-corrected chi connectivity index (χ4v) is 2.25. The molecule has 3 aromatic rings. The van der Waals surface area contributed by atoms with Crippen LogP contribution in [0.1, 0.15) is 24.4 Å². The Labute approximate surface area is 111 Å². The van der Waals surface area contributed by atoms with Crippen molar-refractivity contribution in [3.63, 3.8) is 0 Å². The molecule has 0 aliphatic carbocycles. The maximum absolute atomic E-state index is 5.83. The van der Waals surface area contributed by atoms with Crippen LogP contribution >= 0.6 is 0 Å². The Balaban J connectivity index is 2.17. The SMILES string of the molecule is Cc1nc([C@H](C)N)cnc1-c1c[nH]c2ccccc12. The lowest BCUT2D eigenvalue weighted by Gasteiger charge is -2.08. The second-order valence-corrected chi connectivity index (χ2v) is 4.77. The van der Waals surface area contributed by atoms with Crippen LogP contribution in [-0.2, 0) is 0 Å². The highest BCUT2D eigenvalue weighted by molar-refractivity contribution is 5.94. The first-order valence-electron chi connectivity index (χ1n) is 6.32. The first-order chi connectivity index (χ1) is 9.16. The zero-order chi connectivity index (χ0) is 13.4. The summed E-state index contributed by atoms with van der Waals surface area (Å²) in [6, 6.07) is 8.09. The molecule has 1 aromatic carbocycles. The van der Waals surface area contributed by atoms with E-state index in [-0.39, 0.29) is 6.04 Å². The summed E-state index contributed by atoms with van der Waals surface area (Å²) in [7, 11) is 0. The van der Waals surface area contributed by atoms with E-state index in [1.165, 1.54) is 0 Å². The summed E-state index contributed by atoms with van der Waals surface area (Å²) in [5.74, 6) is 0. The highest BCUT2D eigenvalue weighted by Gasteiger charge is 2.12. The molecule has 0 unspecified atom stereocenters. The van der Waals surface area contributed by atoms with Gasteiger partial charge in [-0.05, 0) is 19.9 Å². The molecule has 3 N–H and O–H groups in total. The van der Waals surface area contributed by atoms with Gasteiger partial charge in [0.1, 0.15) is 0 Å². The molecule has 1 atom stereocenters. The molecule has 0 radical (unpaired) electrons. The number of nitrogens with zero attached hydrogens (tertiary/aromatic N) is 2. The van der Waals surface area contributed by atoms with Crippen molar-refractivity contribution >= 4 is 10.9 Å². The van der Waals surface area contributed by atoms with Crippen LogP contribution in [0.3, 0.4) is 0 Å². The van der Waals surface area contributed by atoms with Crippen molar-refractivity contribution in [2.45, 2.75) is 19.9 Å². The summed E-state index contributed by atoms with van der Waals surface area (Å²) < 4.78 is 0. The van der Waals surface area contributed by atoms with Crippen molar-refractivity contribution in [1.29, 1.82) is 0 Å². The zero-order valence-electron chi connectivity index (χ0n) is 11.0. The van der Waals surface area contributed by atoms with E-state index in [0.29, 0.717) is 0 Å². The molecule has 4 nitrogen and oxygen atoms in total. The maximum Gasteiger partial charge on any atom is 0.0936 e. The van der Waals surface area contributed by atoms with E-state index in [0.717, 1.165) is 33.5 Å². The van der Waals surface area contributed by atoms with Gasteiger partial charge in [-0.3, -0.25) is 9.97 Å². The van der Waals surface area contributed by atoms with Gasteiger partial charge in [-0.1, -0.05) is 18.2 Å². The topological polar surface area (TPSA) is 67.6 Å². The van der Waals surface area contributed by atoms with Crippen LogP contribution in [-0.4, -0.2) is 15.0 Å². The Morgan fingerprint density at radius 2 is 2.05 bits per heavy atom. The van der Waals surface area contributed by atoms with Crippen LogP contribution in [0, 0.1) is 6.92 Å². The molecular formula is C15H16N4. The predicted molar refractivity (Wildman–Crippen MR) is 76.7 cm³/mol. The Morgan fingerprint density at radius 3 is 2.79 bits per heavy atom. The smallest absolute Gasteiger partial charge is 0.0936 e. The summed E-state index contributed by atoms with van der Waals surface area (Å²) in [5, 5.41) is 1.16. The Morgan fingerprint density at radius 1 is 1.26 bits per heavy atom. The molecule has 0 amide bonds. The summed E-state index contributed by atoms with van der Waals surface area (Å²) >= 11 is 0.